The first-order chi connectivity index (χ1) is 19.1. The Hall–Kier alpha value is -3.56. The number of phenols is 1. The first kappa shape index (κ1) is 30.4. The Bertz CT molecular complexity index is 1720. The van der Waals surface area contributed by atoms with E-state index in [2.05, 4.69) is 20.8 Å². The van der Waals surface area contributed by atoms with Crippen molar-refractivity contribution in [1.29, 1.82) is 0 Å². The number of rotatable bonds is 10. The molecule has 0 fully saturated rings. The molecule has 9 nitrogen and oxygen atoms in total. The Morgan fingerprint density at radius 2 is 1.39 bits per heavy atom. The van der Waals surface area contributed by atoms with E-state index in [4.69, 9.17) is 15.2 Å². The minimum Gasteiger partial charge on any atom is -0.506 e. The fourth-order valence-electron chi connectivity index (χ4n) is 5.41. The average molecular weight is 565 g/mol. The molecule has 41 heavy (non-hydrogen) atoms. The van der Waals surface area contributed by atoms with Crippen LogP contribution >= 0.6 is 0 Å². The number of anilines is 1. The molecule has 0 aliphatic heterocycles. The summed E-state index contributed by atoms with van der Waals surface area (Å²) in [7, 11) is 0. The van der Waals surface area contributed by atoms with Gasteiger partial charge in [0.05, 0.1) is 58.2 Å². The fourth-order valence-corrected chi connectivity index (χ4v) is 5.41. The van der Waals surface area contributed by atoms with E-state index in [-0.39, 0.29) is 61.7 Å². The van der Waals surface area contributed by atoms with E-state index in [0.29, 0.717) is 6.61 Å². The van der Waals surface area contributed by atoms with Crippen LogP contribution in [-0.2, 0) is 9.47 Å². The van der Waals surface area contributed by atoms with Crippen LogP contribution in [0.5, 0.6) is 5.75 Å². The van der Waals surface area contributed by atoms with Gasteiger partial charge in [-0.3, -0.25) is 23.7 Å². The molecular formula is C32H40N2O7. The Kier molecular flexibility index (Phi) is 8.17. The minimum atomic E-state index is -0.795. The number of aromatic nitrogens is 1. The fraction of sp³-hybridized carbons (Fsp3) is 0.500. The summed E-state index contributed by atoms with van der Waals surface area (Å²) in [5, 5.41) is 10.1. The van der Waals surface area contributed by atoms with Crippen LogP contribution in [0.2, 0.25) is 0 Å². The van der Waals surface area contributed by atoms with Gasteiger partial charge in [-0.2, -0.15) is 0 Å². The Labute approximate surface area is 238 Å². The lowest BCUT2D eigenvalue weighted by molar-refractivity contribution is -0.0830. The minimum absolute atomic E-state index is 0.0180. The number of aromatic hydroxyl groups is 1. The summed E-state index contributed by atoms with van der Waals surface area (Å²) in [6, 6.07) is 5.44. The van der Waals surface area contributed by atoms with Gasteiger partial charge < -0.3 is 20.3 Å². The van der Waals surface area contributed by atoms with Crippen molar-refractivity contribution in [3.8, 4) is 5.75 Å². The number of hydrogen-bond donors (Lipinski definition) is 2. The summed E-state index contributed by atoms with van der Waals surface area (Å²) in [6.07, 6.45) is 2.75. The molecule has 0 bridgehead atoms. The highest BCUT2D eigenvalue weighted by molar-refractivity contribution is 6.17. The molecule has 4 aromatic rings. The predicted octanol–water partition coefficient (Wildman–Crippen LogP) is 4.53. The first-order valence-electron chi connectivity index (χ1n) is 14.1. The number of nitrogens with zero attached hydrogens (tertiary/aromatic N) is 1. The van der Waals surface area contributed by atoms with Gasteiger partial charge in [0.1, 0.15) is 5.75 Å². The summed E-state index contributed by atoms with van der Waals surface area (Å²) in [5.41, 5.74) is 3.17. The molecule has 9 heteroatoms. The lowest BCUT2D eigenvalue weighted by Gasteiger charge is -2.29. The largest absolute Gasteiger partial charge is 0.506 e. The van der Waals surface area contributed by atoms with Crippen LogP contribution in [0.3, 0.4) is 0 Å². The van der Waals surface area contributed by atoms with Crippen LogP contribution in [0.25, 0.3) is 32.3 Å². The summed E-state index contributed by atoms with van der Waals surface area (Å²) in [4.78, 5) is 53.4. The molecule has 0 saturated heterocycles. The lowest BCUT2D eigenvalue weighted by Crippen LogP contribution is -2.33. The van der Waals surface area contributed by atoms with Crippen molar-refractivity contribution in [2.24, 2.45) is 5.41 Å². The monoisotopic (exact) mass is 564 g/mol. The number of benzene rings is 3. The smallest absolute Gasteiger partial charge is 0.265 e. The molecule has 0 amide bonds. The van der Waals surface area contributed by atoms with Gasteiger partial charge in [0.15, 0.2) is 10.9 Å². The van der Waals surface area contributed by atoms with E-state index in [0.717, 1.165) is 23.8 Å². The lowest BCUT2D eigenvalue weighted by atomic mass is 9.87. The van der Waals surface area contributed by atoms with Crippen LogP contribution in [0.15, 0.2) is 43.4 Å². The van der Waals surface area contributed by atoms with Crippen LogP contribution in [-0.4, -0.2) is 34.6 Å². The van der Waals surface area contributed by atoms with E-state index in [9.17, 15) is 24.3 Å². The quantitative estimate of drug-likeness (QED) is 0.163. The van der Waals surface area contributed by atoms with Gasteiger partial charge in [-0.25, -0.2) is 0 Å². The SMILES string of the molecule is CC(COC(C)(C)CCCC(C)(C)C)OCC(C)n1c(=O)c2c(N)c3c(=O)c4ccccc4c(=O)c3c(O)c2c1=O. The standard InChI is InChI=1S/C32H40N2O7/c1-17(15-40-18(2)16-41-32(6,7)14-10-13-31(3,4)5)34-29(38)22-24(30(34)39)28(37)23-21(25(22)33)26(35)19-11-8-9-12-20(19)27(23)36/h8-9,11-12,17-18,37H,10,13-16,33H2,1-7H3. The van der Waals surface area contributed by atoms with Crippen molar-refractivity contribution in [1.82, 2.24) is 4.57 Å². The van der Waals surface area contributed by atoms with Crippen LogP contribution < -0.4 is 27.7 Å². The molecule has 220 valence electrons. The van der Waals surface area contributed by atoms with E-state index in [1.807, 2.05) is 20.8 Å². The maximum absolute atomic E-state index is 13.5. The zero-order valence-corrected chi connectivity index (χ0v) is 24.9. The zero-order valence-electron chi connectivity index (χ0n) is 24.9. The van der Waals surface area contributed by atoms with Crippen LogP contribution in [0.4, 0.5) is 5.69 Å². The topological polar surface area (TPSA) is 138 Å². The molecule has 2 atom stereocenters. The third-order valence-electron chi connectivity index (χ3n) is 7.73. The number of nitrogen functional groups attached to an aromatic ring is 1. The molecule has 1 heterocycles. The first-order valence-corrected chi connectivity index (χ1v) is 14.1. The number of hydrogen-bond acceptors (Lipinski definition) is 8. The van der Waals surface area contributed by atoms with Crippen molar-refractivity contribution < 1.29 is 14.6 Å². The third kappa shape index (κ3) is 5.78. The van der Waals surface area contributed by atoms with E-state index >= 15 is 0 Å². The summed E-state index contributed by atoms with van der Waals surface area (Å²) in [5.74, 6) is -0.707. The molecule has 0 aliphatic rings. The van der Waals surface area contributed by atoms with Gasteiger partial charge in [-0.1, -0.05) is 51.5 Å². The second kappa shape index (κ2) is 11.0. The average Bonchev–Trinajstić information content (AvgIpc) is 3.16. The molecule has 4 rings (SSSR count). The third-order valence-corrected chi connectivity index (χ3v) is 7.73. The van der Waals surface area contributed by atoms with E-state index in [1.54, 1.807) is 19.1 Å². The molecule has 2 unspecified atom stereocenters. The zero-order chi connectivity index (χ0) is 30.4. The maximum atomic E-state index is 13.5. The number of nitrogens with two attached hydrogens (primary N) is 1. The predicted molar refractivity (Wildman–Crippen MR) is 164 cm³/mol. The van der Waals surface area contributed by atoms with Crippen LogP contribution in [0, 0.1) is 5.41 Å². The summed E-state index contributed by atoms with van der Waals surface area (Å²) >= 11 is 0. The number of ether oxygens (including phenoxy) is 2. The van der Waals surface area contributed by atoms with E-state index < -0.39 is 33.8 Å². The molecule has 0 aliphatic carbocycles. The van der Waals surface area contributed by atoms with Gasteiger partial charge in [0.25, 0.3) is 11.1 Å². The van der Waals surface area contributed by atoms with Gasteiger partial charge in [0.2, 0.25) is 0 Å². The van der Waals surface area contributed by atoms with E-state index in [1.165, 1.54) is 12.1 Å². The Morgan fingerprint density at radius 1 is 0.829 bits per heavy atom. The normalized spacial score (nSPS) is 14.3. The van der Waals surface area contributed by atoms with Crippen molar-refractivity contribution >= 4 is 38.0 Å². The molecule has 0 radical (unpaired) electrons. The highest BCUT2D eigenvalue weighted by atomic mass is 16.5. The highest BCUT2D eigenvalue weighted by Crippen LogP contribution is 2.34. The second-order valence-corrected chi connectivity index (χ2v) is 12.9. The molecule has 3 N–H and O–H groups in total. The van der Waals surface area contributed by atoms with Crippen molar-refractivity contribution in [2.75, 3.05) is 18.9 Å². The van der Waals surface area contributed by atoms with Gasteiger partial charge in [0, 0.05) is 10.8 Å². The van der Waals surface area contributed by atoms with Crippen molar-refractivity contribution in [3.05, 3.63) is 65.4 Å². The molecular weight excluding hydrogens is 524 g/mol. The van der Waals surface area contributed by atoms with Crippen LogP contribution in [0.1, 0.15) is 73.8 Å². The molecule has 0 spiro atoms. The van der Waals surface area contributed by atoms with Crippen molar-refractivity contribution in [3.63, 3.8) is 0 Å². The van der Waals surface area contributed by atoms with Gasteiger partial charge in [-0.05, 0) is 46.0 Å². The molecule has 1 aromatic heterocycles. The Morgan fingerprint density at radius 3 is 1.98 bits per heavy atom. The number of phenolic OH excluding ortho intramolecular Hbond substituents is 1. The highest BCUT2D eigenvalue weighted by Gasteiger charge is 2.28. The summed E-state index contributed by atoms with van der Waals surface area (Å²) in [6.45, 7) is 14.6. The summed E-state index contributed by atoms with van der Waals surface area (Å²) < 4.78 is 13.0. The molecule has 0 saturated carbocycles. The van der Waals surface area contributed by atoms with Gasteiger partial charge >= 0.3 is 0 Å². The van der Waals surface area contributed by atoms with Gasteiger partial charge in [-0.15, -0.1) is 0 Å². The maximum Gasteiger partial charge on any atom is 0.265 e. The Balaban J connectivity index is 1.60. The second-order valence-electron chi connectivity index (χ2n) is 12.9. The van der Waals surface area contributed by atoms with Crippen molar-refractivity contribution in [2.45, 2.75) is 85.5 Å². The number of fused-ring (bicyclic) bond motifs is 3. The molecule has 3 aromatic carbocycles.